The Bertz CT molecular complexity index is 1120. The van der Waals surface area contributed by atoms with Crippen LogP contribution in [0, 0.1) is 0 Å². The molecule has 0 heterocycles. The monoisotopic (exact) mass is 510 g/mol. The summed E-state index contributed by atoms with van der Waals surface area (Å²) in [4.78, 5) is 28.5. The van der Waals surface area contributed by atoms with Gasteiger partial charge in [-0.2, -0.15) is 0 Å². The first kappa shape index (κ1) is 26.8. The lowest BCUT2D eigenvalue weighted by atomic mass is 10.0. The fraction of sp³-hybridized carbons (Fsp3) is 0.310. The van der Waals surface area contributed by atoms with Crippen LogP contribution >= 0.6 is 23.2 Å². The number of aryl methyl sites for hydroxylation is 2. The number of benzene rings is 3. The van der Waals surface area contributed by atoms with E-state index in [0.29, 0.717) is 35.9 Å². The van der Waals surface area contributed by atoms with Crippen molar-refractivity contribution in [2.45, 2.75) is 52.1 Å². The lowest BCUT2D eigenvalue weighted by Gasteiger charge is -2.32. The van der Waals surface area contributed by atoms with Gasteiger partial charge in [0.15, 0.2) is 0 Å². The topological polar surface area (TPSA) is 49.4 Å². The molecule has 2 amide bonds. The zero-order valence-electron chi connectivity index (χ0n) is 20.3. The summed E-state index contributed by atoms with van der Waals surface area (Å²) in [6.07, 6.45) is 2.28. The SMILES string of the molecule is CCNC(=O)[C@@H](Cc1ccccc1)N(Cc1ccc(Cl)cc1Cl)C(=O)CCc1ccc(CC)cc1. The predicted molar refractivity (Wildman–Crippen MR) is 144 cm³/mol. The summed E-state index contributed by atoms with van der Waals surface area (Å²) in [5.74, 6) is -0.273. The number of rotatable bonds is 11. The number of carbonyl (C=O) groups excluding carboxylic acids is 2. The van der Waals surface area contributed by atoms with Gasteiger partial charge in [-0.15, -0.1) is 0 Å². The Kier molecular flexibility index (Phi) is 10.2. The summed E-state index contributed by atoms with van der Waals surface area (Å²) < 4.78 is 0. The molecule has 3 aromatic rings. The van der Waals surface area contributed by atoms with Crippen molar-refractivity contribution in [2.24, 2.45) is 0 Å². The Labute approximate surface area is 218 Å². The highest BCUT2D eigenvalue weighted by molar-refractivity contribution is 6.35. The maximum atomic E-state index is 13.6. The van der Waals surface area contributed by atoms with Gasteiger partial charge in [-0.3, -0.25) is 9.59 Å². The third-order valence-electron chi connectivity index (χ3n) is 6.04. The summed E-state index contributed by atoms with van der Waals surface area (Å²) in [5.41, 5.74) is 4.09. The van der Waals surface area contributed by atoms with E-state index in [4.69, 9.17) is 23.2 Å². The molecule has 6 heteroatoms. The second-order valence-electron chi connectivity index (χ2n) is 8.53. The second kappa shape index (κ2) is 13.3. The van der Waals surface area contributed by atoms with Crippen molar-refractivity contribution in [3.63, 3.8) is 0 Å². The van der Waals surface area contributed by atoms with Gasteiger partial charge < -0.3 is 10.2 Å². The van der Waals surface area contributed by atoms with E-state index in [-0.39, 0.29) is 18.4 Å². The summed E-state index contributed by atoms with van der Waals surface area (Å²) in [5, 5.41) is 3.91. The minimum absolute atomic E-state index is 0.0947. The lowest BCUT2D eigenvalue weighted by molar-refractivity contribution is -0.141. The molecule has 0 saturated heterocycles. The number of halogens is 2. The van der Waals surface area contributed by atoms with Crippen molar-refractivity contribution in [1.29, 1.82) is 0 Å². The first-order valence-electron chi connectivity index (χ1n) is 12.0. The van der Waals surface area contributed by atoms with E-state index in [0.717, 1.165) is 23.1 Å². The van der Waals surface area contributed by atoms with Crippen molar-refractivity contribution in [2.75, 3.05) is 6.54 Å². The number of hydrogen-bond acceptors (Lipinski definition) is 2. The molecule has 0 aliphatic rings. The third-order valence-corrected chi connectivity index (χ3v) is 6.62. The summed E-state index contributed by atoms with van der Waals surface area (Å²) in [6.45, 7) is 4.70. The Morgan fingerprint density at radius 1 is 0.886 bits per heavy atom. The highest BCUT2D eigenvalue weighted by Gasteiger charge is 2.30. The Morgan fingerprint density at radius 2 is 1.57 bits per heavy atom. The molecular formula is C29H32Cl2N2O2. The molecule has 4 nitrogen and oxygen atoms in total. The molecule has 35 heavy (non-hydrogen) atoms. The first-order chi connectivity index (χ1) is 16.9. The van der Waals surface area contributed by atoms with Gasteiger partial charge in [0, 0.05) is 36.0 Å². The van der Waals surface area contributed by atoms with E-state index in [2.05, 4.69) is 36.5 Å². The highest BCUT2D eigenvalue weighted by Crippen LogP contribution is 2.24. The molecule has 3 rings (SSSR count). The Morgan fingerprint density at radius 3 is 2.20 bits per heavy atom. The van der Waals surface area contributed by atoms with Crippen LogP contribution in [0.3, 0.4) is 0 Å². The molecule has 0 unspecified atom stereocenters. The molecule has 0 aliphatic carbocycles. The summed E-state index contributed by atoms with van der Waals surface area (Å²) in [7, 11) is 0. The number of nitrogens with zero attached hydrogens (tertiary/aromatic N) is 1. The number of carbonyl (C=O) groups is 2. The van der Waals surface area contributed by atoms with Crippen LogP contribution < -0.4 is 5.32 Å². The van der Waals surface area contributed by atoms with Crippen LogP contribution in [0.25, 0.3) is 0 Å². The van der Waals surface area contributed by atoms with Crippen molar-refractivity contribution in [1.82, 2.24) is 10.2 Å². The molecule has 0 bridgehead atoms. The molecule has 0 radical (unpaired) electrons. The van der Waals surface area contributed by atoms with E-state index in [9.17, 15) is 9.59 Å². The van der Waals surface area contributed by atoms with E-state index >= 15 is 0 Å². The molecule has 0 aromatic heterocycles. The van der Waals surface area contributed by atoms with Crippen molar-refractivity contribution in [3.05, 3.63) is 105 Å². The van der Waals surface area contributed by atoms with Crippen LogP contribution in [0.1, 0.15) is 42.5 Å². The number of hydrogen-bond donors (Lipinski definition) is 1. The van der Waals surface area contributed by atoms with Crippen LogP contribution in [0.5, 0.6) is 0 Å². The quantitative estimate of drug-likeness (QED) is 0.330. The van der Waals surface area contributed by atoms with Crippen LogP contribution in [0.2, 0.25) is 10.0 Å². The van der Waals surface area contributed by atoms with Crippen molar-refractivity contribution >= 4 is 35.0 Å². The van der Waals surface area contributed by atoms with E-state index in [1.165, 1.54) is 5.56 Å². The molecule has 0 fully saturated rings. The molecule has 1 atom stereocenters. The minimum Gasteiger partial charge on any atom is -0.355 e. The van der Waals surface area contributed by atoms with Gasteiger partial charge in [0.05, 0.1) is 0 Å². The summed E-state index contributed by atoms with van der Waals surface area (Å²) >= 11 is 12.6. The van der Waals surface area contributed by atoms with Gasteiger partial charge in [0.25, 0.3) is 0 Å². The standard InChI is InChI=1S/C29H32Cl2N2O2/c1-3-21-10-12-22(13-11-21)14-17-28(34)33(20-24-15-16-25(30)19-26(24)31)27(29(35)32-4-2)18-23-8-6-5-7-9-23/h5-13,15-16,19,27H,3-4,14,17-18,20H2,1-2H3,(H,32,35)/t27-/m1/s1. The molecular weight excluding hydrogens is 479 g/mol. The van der Waals surface area contributed by atoms with Gasteiger partial charge >= 0.3 is 0 Å². The molecule has 3 aromatic carbocycles. The van der Waals surface area contributed by atoms with Gasteiger partial charge in [-0.05, 0) is 54.2 Å². The van der Waals surface area contributed by atoms with Crippen molar-refractivity contribution in [3.8, 4) is 0 Å². The zero-order chi connectivity index (χ0) is 25.2. The molecule has 0 aliphatic heterocycles. The summed E-state index contributed by atoms with van der Waals surface area (Å²) in [6, 6.07) is 22.6. The fourth-order valence-electron chi connectivity index (χ4n) is 4.02. The number of nitrogens with one attached hydrogen (secondary N) is 1. The maximum Gasteiger partial charge on any atom is 0.243 e. The smallest absolute Gasteiger partial charge is 0.243 e. The normalized spacial score (nSPS) is 11.7. The van der Waals surface area contributed by atoms with Gasteiger partial charge in [-0.1, -0.05) is 90.8 Å². The van der Waals surface area contributed by atoms with E-state index < -0.39 is 6.04 Å². The number of likely N-dealkylation sites (N-methyl/N-ethyl adjacent to an activating group) is 1. The average Bonchev–Trinajstić information content (AvgIpc) is 2.87. The van der Waals surface area contributed by atoms with E-state index in [1.54, 1.807) is 17.0 Å². The average molecular weight is 511 g/mol. The van der Waals surface area contributed by atoms with Crippen LogP contribution in [0.4, 0.5) is 0 Å². The molecule has 1 N–H and O–H groups in total. The van der Waals surface area contributed by atoms with Crippen LogP contribution in [-0.4, -0.2) is 29.3 Å². The Hall–Kier alpha value is -2.82. The first-order valence-corrected chi connectivity index (χ1v) is 12.8. The van der Waals surface area contributed by atoms with E-state index in [1.807, 2.05) is 43.3 Å². The molecule has 184 valence electrons. The largest absolute Gasteiger partial charge is 0.355 e. The lowest BCUT2D eigenvalue weighted by Crippen LogP contribution is -2.50. The third kappa shape index (κ3) is 7.84. The van der Waals surface area contributed by atoms with Gasteiger partial charge in [-0.25, -0.2) is 0 Å². The van der Waals surface area contributed by atoms with Crippen LogP contribution in [0.15, 0.2) is 72.8 Å². The van der Waals surface area contributed by atoms with Crippen LogP contribution in [-0.2, 0) is 35.4 Å². The fourth-order valence-corrected chi connectivity index (χ4v) is 4.48. The second-order valence-corrected chi connectivity index (χ2v) is 9.37. The highest BCUT2D eigenvalue weighted by atomic mass is 35.5. The van der Waals surface area contributed by atoms with Crippen molar-refractivity contribution < 1.29 is 9.59 Å². The molecule has 0 spiro atoms. The minimum atomic E-state index is -0.668. The van der Waals surface area contributed by atoms with Gasteiger partial charge in [0.1, 0.15) is 6.04 Å². The zero-order valence-corrected chi connectivity index (χ0v) is 21.8. The maximum absolute atomic E-state index is 13.6. The van der Waals surface area contributed by atoms with Gasteiger partial charge in [0.2, 0.25) is 11.8 Å². The predicted octanol–water partition coefficient (Wildman–Crippen LogP) is 6.26. The number of amides is 2. The molecule has 0 saturated carbocycles. The Balaban J connectivity index is 1.89.